The fourth-order valence-corrected chi connectivity index (χ4v) is 1.75. The third-order valence-electron chi connectivity index (χ3n) is 2.71. The second-order valence-electron chi connectivity index (χ2n) is 5.46. The second kappa shape index (κ2) is 8.48. The van der Waals surface area contributed by atoms with Crippen molar-refractivity contribution in [2.24, 2.45) is 0 Å². The van der Waals surface area contributed by atoms with E-state index < -0.39 is 0 Å². The maximum Gasteiger partial charge on any atom is 0.246 e. The van der Waals surface area contributed by atoms with Gasteiger partial charge in [-0.25, -0.2) is 0 Å². The van der Waals surface area contributed by atoms with Gasteiger partial charge in [0.15, 0.2) is 0 Å². The Kier molecular flexibility index (Phi) is 7.77. The standard InChI is InChI=1S/C16H26N2O/c1-7-8-10-15(4)13-18(5,6)12-9-11-17-16(19)14(2)3/h7-8,10H,1-2,4,9,11-13H2,3,5-6H3/p+1/b10-8-. The van der Waals surface area contributed by atoms with Crippen molar-refractivity contribution in [2.75, 3.05) is 33.7 Å². The summed E-state index contributed by atoms with van der Waals surface area (Å²) in [5, 5.41) is 2.84. The van der Waals surface area contributed by atoms with Gasteiger partial charge in [0.2, 0.25) is 5.91 Å². The van der Waals surface area contributed by atoms with E-state index in [4.69, 9.17) is 0 Å². The second-order valence-corrected chi connectivity index (χ2v) is 5.46. The van der Waals surface area contributed by atoms with Crippen molar-refractivity contribution in [3.8, 4) is 0 Å². The molecule has 0 aromatic rings. The predicted molar refractivity (Wildman–Crippen MR) is 82.8 cm³/mol. The fraction of sp³-hybridized carbons (Fsp3) is 0.438. The first-order chi connectivity index (χ1) is 8.78. The highest BCUT2D eigenvalue weighted by Crippen LogP contribution is 2.06. The molecule has 0 spiro atoms. The number of quaternary nitrogens is 1. The van der Waals surface area contributed by atoms with Gasteiger partial charge in [0.1, 0.15) is 6.54 Å². The summed E-state index contributed by atoms with van der Waals surface area (Å²) < 4.78 is 0.850. The Morgan fingerprint density at radius 2 is 1.95 bits per heavy atom. The average Bonchev–Trinajstić information content (AvgIpc) is 2.31. The summed E-state index contributed by atoms with van der Waals surface area (Å²) in [6.07, 6.45) is 6.56. The number of hydrogen-bond donors (Lipinski definition) is 1. The number of likely N-dealkylation sites (N-methyl/N-ethyl adjacent to an activating group) is 1. The summed E-state index contributed by atoms with van der Waals surface area (Å²) in [6.45, 7) is 15.5. The van der Waals surface area contributed by atoms with E-state index in [0.717, 1.165) is 29.6 Å². The summed E-state index contributed by atoms with van der Waals surface area (Å²) in [6, 6.07) is 0. The van der Waals surface area contributed by atoms with Crippen LogP contribution in [0.5, 0.6) is 0 Å². The van der Waals surface area contributed by atoms with E-state index in [2.05, 4.69) is 39.1 Å². The number of carbonyl (C=O) groups is 1. The van der Waals surface area contributed by atoms with Crippen molar-refractivity contribution >= 4 is 5.91 Å². The predicted octanol–water partition coefficient (Wildman–Crippen LogP) is 2.44. The number of hydrogen-bond acceptors (Lipinski definition) is 1. The molecule has 0 fully saturated rings. The summed E-state index contributed by atoms with van der Waals surface area (Å²) in [7, 11) is 4.32. The molecule has 0 unspecified atom stereocenters. The van der Waals surface area contributed by atoms with Crippen LogP contribution < -0.4 is 5.32 Å². The van der Waals surface area contributed by atoms with E-state index in [-0.39, 0.29) is 5.91 Å². The van der Waals surface area contributed by atoms with E-state index in [0.29, 0.717) is 12.1 Å². The van der Waals surface area contributed by atoms with Gasteiger partial charge in [-0.15, -0.1) is 0 Å². The molecule has 19 heavy (non-hydrogen) atoms. The molecule has 0 aromatic carbocycles. The van der Waals surface area contributed by atoms with E-state index >= 15 is 0 Å². The van der Waals surface area contributed by atoms with Crippen LogP contribution in [0.3, 0.4) is 0 Å². The van der Waals surface area contributed by atoms with Crippen LogP contribution >= 0.6 is 0 Å². The molecule has 3 heteroatoms. The molecule has 0 heterocycles. The maximum absolute atomic E-state index is 11.3. The first-order valence-corrected chi connectivity index (χ1v) is 6.51. The van der Waals surface area contributed by atoms with E-state index in [1.165, 1.54) is 0 Å². The van der Waals surface area contributed by atoms with Crippen LogP contribution in [0.2, 0.25) is 0 Å². The zero-order valence-electron chi connectivity index (χ0n) is 12.5. The minimum Gasteiger partial charge on any atom is -0.352 e. The molecule has 3 nitrogen and oxygen atoms in total. The largest absolute Gasteiger partial charge is 0.352 e. The zero-order chi connectivity index (χ0) is 14.9. The van der Waals surface area contributed by atoms with Gasteiger partial charge in [0.25, 0.3) is 0 Å². The zero-order valence-corrected chi connectivity index (χ0v) is 12.5. The number of rotatable bonds is 9. The lowest BCUT2D eigenvalue weighted by Gasteiger charge is -2.30. The van der Waals surface area contributed by atoms with Gasteiger partial charge in [0, 0.05) is 18.5 Å². The highest BCUT2D eigenvalue weighted by Gasteiger charge is 2.15. The van der Waals surface area contributed by atoms with Gasteiger partial charge in [-0.1, -0.05) is 38.0 Å². The maximum atomic E-state index is 11.3. The van der Waals surface area contributed by atoms with Gasteiger partial charge >= 0.3 is 0 Å². The quantitative estimate of drug-likeness (QED) is 0.294. The molecule has 0 saturated heterocycles. The lowest BCUT2D eigenvalue weighted by atomic mass is 10.2. The molecular weight excluding hydrogens is 236 g/mol. The molecule has 1 N–H and O–H groups in total. The van der Waals surface area contributed by atoms with Gasteiger partial charge in [-0.05, 0) is 12.5 Å². The molecular formula is C16H27N2O+. The highest BCUT2D eigenvalue weighted by atomic mass is 16.1. The summed E-state index contributed by atoms with van der Waals surface area (Å²) in [5.41, 5.74) is 1.63. The fourth-order valence-electron chi connectivity index (χ4n) is 1.75. The Hall–Kier alpha value is -1.61. The molecule has 0 aliphatic heterocycles. The minimum absolute atomic E-state index is 0.0661. The van der Waals surface area contributed by atoms with Crippen LogP contribution in [0.15, 0.2) is 49.1 Å². The Bertz CT molecular complexity index is 378. The molecule has 0 atom stereocenters. The molecule has 0 saturated carbocycles. The van der Waals surface area contributed by atoms with Crippen LogP contribution in [-0.4, -0.2) is 44.1 Å². The monoisotopic (exact) mass is 263 g/mol. The molecule has 0 aliphatic carbocycles. The lowest BCUT2D eigenvalue weighted by Crippen LogP contribution is -2.43. The van der Waals surface area contributed by atoms with Gasteiger partial charge in [0.05, 0.1) is 20.6 Å². The Balaban J connectivity index is 4.00. The van der Waals surface area contributed by atoms with Crippen molar-refractivity contribution < 1.29 is 9.28 Å². The summed E-state index contributed by atoms with van der Waals surface area (Å²) in [4.78, 5) is 11.3. The molecule has 0 radical (unpaired) electrons. The van der Waals surface area contributed by atoms with Gasteiger partial charge < -0.3 is 9.80 Å². The molecule has 0 aromatic heterocycles. The van der Waals surface area contributed by atoms with Crippen LogP contribution in [0.1, 0.15) is 13.3 Å². The Morgan fingerprint density at radius 3 is 2.47 bits per heavy atom. The number of nitrogens with one attached hydrogen (secondary N) is 1. The van der Waals surface area contributed by atoms with E-state index in [1.54, 1.807) is 13.0 Å². The Morgan fingerprint density at radius 1 is 1.32 bits per heavy atom. The number of allylic oxidation sites excluding steroid dienone is 2. The molecule has 0 bridgehead atoms. The van der Waals surface area contributed by atoms with Crippen molar-refractivity contribution in [1.82, 2.24) is 5.32 Å². The number of carbonyl (C=O) groups excluding carboxylic acids is 1. The van der Waals surface area contributed by atoms with Crippen molar-refractivity contribution in [3.05, 3.63) is 49.1 Å². The van der Waals surface area contributed by atoms with Crippen LogP contribution in [0.4, 0.5) is 0 Å². The van der Waals surface area contributed by atoms with Crippen LogP contribution in [0, 0.1) is 0 Å². The normalized spacial score (nSPS) is 11.3. The number of nitrogens with zero attached hydrogens (tertiary/aromatic N) is 1. The van der Waals surface area contributed by atoms with Crippen molar-refractivity contribution in [3.63, 3.8) is 0 Å². The topological polar surface area (TPSA) is 29.1 Å². The first kappa shape index (κ1) is 17.4. The van der Waals surface area contributed by atoms with Gasteiger partial charge in [-0.3, -0.25) is 4.79 Å². The summed E-state index contributed by atoms with van der Waals surface area (Å²) >= 11 is 0. The van der Waals surface area contributed by atoms with Crippen molar-refractivity contribution in [2.45, 2.75) is 13.3 Å². The lowest BCUT2D eigenvalue weighted by molar-refractivity contribution is -0.885. The van der Waals surface area contributed by atoms with Crippen molar-refractivity contribution in [1.29, 1.82) is 0 Å². The minimum atomic E-state index is -0.0661. The smallest absolute Gasteiger partial charge is 0.246 e. The van der Waals surface area contributed by atoms with Crippen LogP contribution in [0.25, 0.3) is 0 Å². The van der Waals surface area contributed by atoms with Gasteiger partial charge in [-0.2, -0.15) is 0 Å². The molecule has 0 rings (SSSR count). The summed E-state index contributed by atoms with van der Waals surface area (Å²) in [5.74, 6) is -0.0661. The van der Waals surface area contributed by atoms with E-state index in [1.807, 2.05) is 12.2 Å². The first-order valence-electron chi connectivity index (χ1n) is 6.51. The average molecular weight is 263 g/mol. The van der Waals surface area contributed by atoms with E-state index in [9.17, 15) is 4.79 Å². The SMILES string of the molecule is C=C/C=C\C(=C)C[N+](C)(C)CCCNC(=O)C(=C)C. The Labute approximate surface area is 117 Å². The van der Waals surface area contributed by atoms with Crippen LogP contribution in [-0.2, 0) is 4.79 Å². The third-order valence-corrected chi connectivity index (χ3v) is 2.71. The molecule has 106 valence electrons. The molecule has 1 amide bonds. The number of amides is 1. The highest BCUT2D eigenvalue weighted by molar-refractivity contribution is 5.91. The molecule has 0 aliphatic rings. The third kappa shape index (κ3) is 9.03.